The zero-order chi connectivity index (χ0) is 16.9. The van der Waals surface area contributed by atoms with E-state index in [1.807, 2.05) is 55.5 Å². The van der Waals surface area contributed by atoms with E-state index in [1.54, 1.807) is 11.0 Å². The molecule has 0 aliphatic carbocycles. The number of nitrogens with zero attached hydrogens (tertiary/aromatic N) is 1. The number of carbonyl (C=O) groups excluding carboxylic acids is 2. The fraction of sp³-hybridized carbons (Fsp3) is 0.263. The molecule has 1 aliphatic heterocycles. The highest BCUT2D eigenvalue weighted by atomic mass is 16.5. The summed E-state index contributed by atoms with van der Waals surface area (Å²) in [5.41, 5.74) is 1.46. The lowest BCUT2D eigenvalue weighted by Gasteiger charge is -2.17. The van der Waals surface area contributed by atoms with Crippen molar-refractivity contribution in [1.82, 2.24) is 0 Å². The highest BCUT2D eigenvalue weighted by Gasteiger charge is 2.35. The van der Waals surface area contributed by atoms with E-state index in [9.17, 15) is 9.59 Å². The Morgan fingerprint density at radius 2 is 1.88 bits per heavy atom. The number of nitrogens with one attached hydrogen (secondary N) is 1. The number of carbonyl (C=O) groups is 2. The van der Waals surface area contributed by atoms with E-state index in [2.05, 4.69) is 5.32 Å². The monoisotopic (exact) mass is 324 g/mol. The van der Waals surface area contributed by atoms with Crippen LogP contribution in [0, 0.1) is 5.92 Å². The Balaban J connectivity index is 1.70. The first-order chi connectivity index (χ1) is 11.7. The summed E-state index contributed by atoms with van der Waals surface area (Å²) in [6.45, 7) is 2.81. The highest BCUT2D eigenvalue weighted by molar-refractivity contribution is 6.03. The van der Waals surface area contributed by atoms with Crippen molar-refractivity contribution in [3.63, 3.8) is 0 Å². The van der Waals surface area contributed by atoms with Crippen LogP contribution in [0.5, 0.6) is 5.75 Å². The first-order valence-electron chi connectivity index (χ1n) is 8.07. The average molecular weight is 324 g/mol. The molecule has 1 aliphatic rings. The predicted octanol–water partition coefficient (Wildman–Crippen LogP) is 3.08. The Morgan fingerprint density at radius 3 is 2.62 bits per heavy atom. The molecule has 5 nitrogen and oxygen atoms in total. The number of para-hydroxylation sites is 3. The average Bonchev–Trinajstić information content (AvgIpc) is 3.00. The molecule has 0 unspecified atom stereocenters. The van der Waals surface area contributed by atoms with Crippen LogP contribution < -0.4 is 15.0 Å². The Morgan fingerprint density at radius 1 is 1.17 bits per heavy atom. The molecule has 5 heteroatoms. The first kappa shape index (κ1) is 16.1. The third-order valence-electron chi connectivity index (χ3n) is 4.01. The predicted molar refractivity (Wildman–Crippen MR) is 93.1 cm³/mol. The van der Waals surface area contributed by atoms with Crippen LogP contribution in [0.1, 0.15) is 13.3 Å². The molecule has 1 heterocycles. The minimum absolute atomic E-state index is 0.0283. The van der Waals surface area contributed by atoms with Gasteiger partial charge >= 0.3 is 0 Å². The van der Waals surface area contributed by atoms with Crippen molar-refractivity contribution in [2.75, 3.05) is 23.4 Å². The van der Waals surface area contributed by atoms with Crippen molar-refractivity contribution >= 4 is 23.2 Å². The third kappa shape index (κ3) is 3.40. The van der Waals surface area contributed by atoms with E-state index >= 15 is 0 Å². The smallest absolute Gasteiger partial charge is 0.229 e. The van der Waals surface area contributed by atoms with E-state index in [4.69, 9.17) is 4.74 Å². The number of hydrogen-bond donors (Lipinski definition) is 1. The summed E-state index contributed by atoms with van der Waals surface area (Å²) in [4.78, 5) is 26.4. The van der Waals surface area contributed by atoms with Crippen LogP contribution in [0.4, 0.5) is 11.4 Å². The van der Waals surface area contributed by atoms with Gasteiger partial charge in [-0.15, -0.1) is 0 Å². The normalized spacial score (nSPS) is 17.0. The Kier molecular flexibility index (Phi) is 4.79. The zero-order valence-corrected chi connectivity index (χ0v) is 13.6. The summed E-state index contributed by atoms with van der Waals surface area (Å²) in [6.07, 6.45) is 0.220. The van der Waals surface area contributed by atoms with E-state index in [-0.39, 0.29) is 24.2 Å². The Bertz CT molecular complexity index is 730. The number of rotatable bonds is 5. The maximum atomic E-state index is 12.5. The van der Waals surface area contributed by atoms with Crippen LogP contribution >= 0.6 is 0 Å². The third-order valence-corrected chi connectivity index (χ3v) is 4.01. The molecule has 1 fully saturated rings. The Hall–Kier alpha value is -2.82. The lowest BCUT2D eigenvalue weighted by Crippen LogP contribution is -2.28. The molecule has 0 radical (unpaired) electrons. The number of ether oxygens (including phenoxy) is 1. The summed E-state index contributed by atoms with van der Waals surface area (Å²) in [7, 11) is 0. The van der Waals surface area contributed by atoms with Gasteiger partial charge in [-0.05, 0) is 31.2 Å². The maximum absolute atomic E-state index is 12.5. The largest absolute Gasteiger partial charge is 0.492 e. The summed E-state index contributed by atoms with van der Waals surface area (Å²) < 4.78 is 5.52. The van der Waals surface area contributed by atoms with Gasteiger partial charge in [0.1, 0.15) is 5.75 Å². The minimum Gasteiger partial charge on any atom is -0.492 e. The van der Waals surface area contributed by atoms with Gasteiger partial charge in [-0.25, -0.2) is 0 Å². The molecule has 0 aromatic heterocycles. The molecule has 0 saturated carbocycles. The van der Waals surface area contributed by atoms with Gasteiger partial charge in [0.15, 0.2) is 0 Å². The van der Waals surface area contributed by atoms with Crippen molar-refractivity contribution < 1.29 is 14.3 Å². The summed E-state index contributed by atoms with van der Waals surface area (Å²) >= 11 is 0. The van der Waals surface area contributed by atoms with E-state index in [0.29, 0.717) is 24.6 Å². The molecular weight excluding hydrogens is 304 g/mol. The number of amides is 2. The number of hydrogen-bond acceptors (Lipinski definition) is 3. The second-order valence-corrected chi connectivity index (χ2v) is 5.66. The molecule has 2 aromatic carbocycles. The lowest BCUT2D eigenvalue weighted by molar-refractivity contribution is -0.122. The number of anilines is 2. The van der Waals surface area contributed by atoms with Gasteiger partial charge in [0.05, 0.1) is 18.2 Å². The minimum atomic E-state index is -0.368. The molecule has 0 bridgehead atoms. The summed E-state index contributed by atoms with van der Waals surface area (Å²) in [5, 5.41) is 2.89. The molecule has 2 amide bonds. The molecule has 3 rings (SSSR count). The van der Waals surface area contributed by atoms with Crippen molar-refractivity contribution in [2.45, 2.75) is 13.3 Å². The topological polar surface area (TPSA) is 58.6 Å². The molecule has 24 heavy (non-hydrogen) atoms. The van der Waals surface area contributed by atoms with Crippen LogP contribution in [-0.4, -0.2) is 25.0 Å². The number of benzene rings is 2. The second-order valence-electron chi connectivity index (χ2n) is 5.66. The fourth-order valence-corrected chi connectivity index (χ4v) is 2.83. The molecular formula is C19H20N2O3. The lowest BCUT2D eigenvalue weighted by atomic mass is 10.1. The van der Waals surface area contributed by atoms with Gasteiger partial charge in [0.2, 0.25) is 11.8 Å². The molecule has 2 aromatic rings. The molecule has 1 N–H and O–H groups in total. The van der Waals surface area contributed by atoms with Crippen LogP contribution in [0.3, 0.4) is 0 Å². The molecule has 124 valence electrons. The van der Waals surface area contributed by atoms with Crippen LogP contribution in [0.25, 0.3) is 0 Å². The van der Waals surface area contributed by atoms with Gasteiger partial charge in [-0.3, -0.25) is 9.59 Å². The molecule has 1 atom stereocenters. The van der Waals surface area contributed by atoms with Gasteiger partial charge in [0.25, 0.3) is 0 Å². The zero-order valence-electron chi connectivity index (χ0n) is 13.6. The standard InChI is InChI=1S/C19H20N2O3/c1-2-24-17-11-7-6-10-16(17)20-19(23)14-12-18(22)21(13-14)15-8-4-3-5-9-15/h3-11,14H,2,12-13H2,1H3,(H,20,23)/t14-/m1/s1. The SMILES string of the molecule is CCOc1ccccc1NC(=O)[C@@H]1CC(=O)N(c2ccccc2)C1. The summed E-state index contributed by atoms with van der Waals surface area (Å²) in [6, 6.07) is 16.7. The quantitative estimate of drug-likeness (QED) is 0.919. The molecule has 1 saturated heterocycles. The first-order valence-corrected chi connectivity index (χ1v) is 8.07. The maximum Gasteiger partial charge on any atom is 0.229 e. The van der Waals surface area contributed by atoms with Gasteiger partial charge in [-0.1, -0.05) is 30.3 Å². The highest BCUT2D eigenvalue weighted by Crippen LogP contribution is 2.28. The fourth-order valence-electron chi connectivity index (χ4n) is 2.83. The van der Waals surface area contributed by atoms with Crippen molar-refractivity contribution in [2.24, 2.45) is 5.92 Å². The Labute approximate surface area is 141 Å². The summed E-state index contributed by atoms with van der Waals surface area (Å²) in [5.74, 6) is 0.0818. The van der Waals surface area contributed by atoms with E-state index in [1.165, 1.54) is 0 Å². The second kappa shape index (κ2) is 7.17. The van der Waals surface area contributed by atoms with Crippen LogP contribution in [0.2, 0.25) is 0 Å². The van der Waals surface area contributed by atoms with Gasteiger partial charge in [-0.2, -0.15) is 0 Å². The van der Waals surface area contributed by atoms with Gasteiger partial charge in [0, 0.05) is 18.7 Å². The van der Waals surface area contributed by atoms with E-state index in [0.717, 1.165) is 5.69 Å². The van der Waals surface area contributed by atoms with Gasteiger partial charge < -0.3 is 15.0 Å². The van der Waals surface area contributed by atoms with Crippen molar-refractivity contribution in [3.05, 3.63) is 54.6 Å². The van der Waals surface area contributed by atoms with Crippen LogP contribution in [0.15, 0.2) is 54.6 Å². The van der Waals surface area contributed by atoms with Crippen molar-refractivity contribution in [3.8, 4) is 5.75 Å². The van der Waals surface area contributed by atoms with Crippen molar-refractivity contribution in [1.29, 1.82) is 0 Å². The van der Waals surface area contributed by atoms with Crippen LogP contribution in [-0.2, 0) is 9.59 Å². The van der Waals surface area contributed by atoms with E-state index < -0.39 is 0 Å². The molecule has 0 spiro atoms.